The van der Waals surface area contributed by atoms with Gasteiger partial charge >= 0.3 is 0 Å². The number of aliphatic hydroxyl groups excluding tert-OH is 1. The van der Waals surface area contributed by atoms with Gasteiger partial charge in [-0.2, -0.15) is 0 Å². The van der Waals surface area contributed by atoms with E-state index in [9.17, 15) is 5.11 Å². The second-order valence-electron chi connectivity index (χ2n) is 7.16. The molecule has 4 rings (SSSR count). The first-order valence-corrected chi connectivity index (χ1v) is 8.73. The summed E-state index contributed by atoms with van der Waals surface area (Å²) in [6.45, 7) is 8.05. The molecule has 1 N–H and O–H groups in total. The van der Waals surface area contributed by atoms with Crippen molar-refractivity contribution in [2.75, 3.05) is 32.9 Å². The molecule has 124 valence electrons. The summed E-state index contributed by atoms with van der Waals surface area (Å²) in [4.78, 5) is 2.51. The van der Waals surface area contributed by atoms with E-state index in [2.05, 4.69) is 46.9 Å². The van der Waals surface area contributed by atoms with Crippen LogP contribution in [0.1, 0.15) is 18.9 Å². The number of fused-ring (bicyclic) bond motifs is 2. The predicted octanol–water partition coefficient (Wildman–Crippen LogP) is 2.49. The number of aliphatic hydroxyl groups is 1. The number of rotatable bonds is 4. The van der Waals surface area contributed by atoms with E-state index in [0.29, 0.717) is 5.92 Å². The Labute approximate surface area is 137 Å². The Hall–Kier alpha value is -1.36. The van der Waals surface area contributed by atoms with Gasteiger partial charge in [0.05, 0.1) is 13.2 Å². The summed E-state index contributed by atoms with van der Waals surface area (Å²) in [6.07, 6.45) is 3.17. The third-order valence-corrected chi connectivity index (χ3v) is 5.90. The Balaban J connectivity index is 1.58. The summed E-state index contributed by atoms with van der Waals surface area (Å²) >= 11 is 0. The van der Waals surface area contributed by atoms with Crippen molar-refractivity contribution in [3.8, 4) is 0 Å². The number of nitrogens with zero attached hydrogens (tertiary/aromatic N) is 2. The quantitative estimate of drug-likeness (QED) is 0.942. The van der Waals surface area contributed by atoms with Crippen LogP contribution in [-0.2, 0) is 17.8 Å². The molecule has 2 aliphatic rings. The van der Waals surface area contributed by atoms with Gasteiger partial charge in [0.1, 0.15) is 0 Å². The molecule has 0 unspecified atom stereocenters. The number of benzene rings is 1. The fourth-order valence-corrected chi connectivity index (χ4v) is 4.48. The largest absolute Gasteiger partial charge is 0.396 e. The minimum absolute atomic E-state index is 0.0570. The molecule has 1 aromatic carbocycles. The standard InChI is InChI=1S/C19H26N2O2/c1-2-21-8-6-17-15(4-3-5-18(17)21)10-20-11-16-12-23-9-7-19(16,13-20)14-22/h3-6,8,16,22H,2,7,9-14H2,1H3/t16-,19-/m1/s1. The highest BCUT2D eigenvalue weighted by Crippen LogP contribution is 2.42. The van der Waals surface area contributed by atoms with Gasteiger partial charge in [-0.25, -0.2) is 0 Å². The minimum atomic E-state index is 0.0570. The Kier molecular flexibility index (Phi) is 3.92. The summed E-state index contributed by atoms with van der Waals surface area (Å²) in [7, 11) is 0. The Morgan fingerprint density at radius 1 is 1.35 bits per heavy atom. The fraction of sp³-hybridized carbons (Fsp3) is 0.579. The number of ether oxygens (including phenoxy) is 1. The molecule has 3 heterocycles. The second-order valence-corrected chi connectivity index (χ2v) is 7.16. The lowest BCUT2D eigenvalue weighted by Crippen LogP contribution is -2.41. The fourth-order valence-electron chi connectivity index (χ4n) is 4.48. The average Bonchev–Trinajstić information content (AvgIpc) is 3.16. The number of aromatic nitrogens is 1. The molecular weight excluding hydrogens is 288 g/mol. The summed E-state index contributed by atoms with van der Waals surface area (Å²) in [5.41, 5.74) is 2.77. The van der Waals surface area contributed by atoms with E-state index in [1.165, 1.54) is 16.5 Å². The van der Waals surface area contributed by atoms with E-state index >= 15 is 0 Å². The topological polar surface area (TPSA) is 37.6 Å². The van der Waals surface area contributed by atoms with E-state index in [-0.39, 0.29) is 12.0 Å². The van der Waals surface area contributed by atoms with Crippen LogP contribution >= 0.6 is 0 Å². The molecule has 0 radical (unpaired) electrons. The van der Waals surface area contributed by atoms with Crippen LogP contribution in [0.2, 0.25) is 0 Å². The SMILES string of the molecule is CCn1ccc2c(CN3C[C@@H]4COCC[C@]4(CO)C3)cccc21. The van der Waals surface area contributed by atoms with Crippen LogP contribution in [0, 0.1) is 11.3 Å². The zero-order valence-electron chi connectivity index (χ0n) is 13.9. The molecule has 2 aromatic rings. The van der Waals surface area contributed by atoms with E-state index in [1.807, 2.05) is 0 Å². The van der Waals surface area contributed by atoms with Crippen molar-refractivity contribution in [2.45, 2.75) is 26.4 Å². The first-order valence-electron chi connectivity index (χ1n) is 8.73. The summed E-state index contributed by atoms with van der Waals surface area (Å²) in [6, 6.07) is 8.85. The molecule has 2 aliphatic heterocycles. The summed E-state index contributed by atoms with van der Waals surface area (Å²) < 4.78 is 7.95. The molecule has 0 saturated carbocycles. The number of hydrogen-bond acceptors (Lipinski definition) is 3. The van der Waals surface area contributed by atoms with Crippen LogP contribution in [0.3, 0.4) is 0 Å². The molecule has 1 aromatic heterocycles. The highest BCUT2D eigenvalue weighted by Gasteiger charge is 2.47. The lowest BCUT2D eigenvalue weighted by atomic mass is 9.75. The molecule has 2 fully saturated rings. The number of aryl methyl sites for hydroxylation is 1. The Morgan fingerprint density at radius 3 is 3.04 bits per heavy atom. The van der Waals surface area contributed by atoms with Crippen molar-refractivity contribution in [1.82, 2.24) is 9.47 Å². The minimum Gasteiger partial charge on any atom is -0.396 e. The molecule has 0 spiro atoms. The van der Waals surface area contributed by atoms with Gasteiger partial charge in [0, 0.05) is 61.2 Å². The smallest absolute Gasteiger partial charge is 0.0513 e. The van der Waals surface area contributed by atoms with Gasteiger partial charge in [-0.05, 0) is 31.0 Å². The first-order chi connectivity index (χ1) is 11.3. The van der Waals surface area contributed by atoms with Crippen molar-refractivity contribution in [3.05, 3.63) is 36.0 Å². The van der Waals surface area contributed by atoms with Crippen molar-refractivity contribution >= 4 is 10.9 Å². The zero-order valence-corrected chi connectivity index (χ0v) is 13.9. The van der Waals surface area contributed by atoms with Crippen LogP contribution < -0.4 is 0 Å². The Morgan fingerprint density at radius 2 is 2.26 bits per heavy atom. The zero-order chi connectivity index (χ0) is 15.9. The Bertz CT molecular complexity index is 696. The summed E-state index contributed by atoms with van der Waals surface area (Å²) in [5, 5.41) is 11.3. The lowest BCUT2D eigenvalue weighted by Gasteiger charge is -2.36. The van der Waals surface area contributed by atoms with Crippen molar-refractivity contribution in [1.29, 1.82) is 0 Å². The van der Waals surface area contributed by atoms with Gasteiger partial charge < -0.3 is 14.4 Å². The molecule has 2 atom stereocenters. The normalized spacial score (nSPS) is 28.3. The number of likely N-dealkylation sites (tertiary alicyclic amines) is 1. The maximum Gasteiger partial charge on any atom is 0.0513 e. The second kappa shape index (κ2) is 5.93. The van der Waals surface area contributed by atoms with Gasteiger partial charge in [-0.15, -0.1) is 0 Å². The highest BCUT2D eigenvalue weighted by atomic mass is 16.5. The molecule has 0 bridgehead atoms. The van der Waals surface area contributed by atoms with E-state index in [4.69, 9.17) is 4.74 Å². The van der Waals surface area contributed by atoms with Gasteiger partial charge in [0.2, 0.25) is 0 Å². The van der Waals surface area contributed by atoms with E-state index < -0.39 is 0 Å². The highest BCUT2D eigenvalue weighted by molar-refractivity contribution is 5.83. The van der Waals surface area contributed by atoms with Gasteiger partial charge in [-0.3, -0.25) is 4.90 Å². The van der Waals surface area contributed by atoms with Crippen LogP contribution in [0.4, 0.5) is 0 Å². The third-order valence-electron chi connectivity index (χ3n) is 5.90. The molecule has 2 saturated heterocycles. The predicted molar refractivity (Wildman–Crippen MR) is 91.3 cm³/mol. The third kappa shape index (κ3) is 2.49. The van der Waals surface area contributed by atoms with Crippen molar-refractivity contribution in [2.24, 2.45) is 11.3 Å². The van der Waals surface area contributed by atoms with Crippen molar-refractivity contribution in [3.63, 3.8) is 0 Å². The number of hydrogen-bond donors (Lipinski definition) is 1. The summed E-state index contributed by atoms with van der Waals surface area (Å²) in [5.74, 6) is 0.473. The molecule has 4 heteroatoms. The molecule has 23 heavy (non-hydrogen) atoms. The first kappa shape index (κ1) is 15.2. The van der Waals surface area contributed by atoms with Crippen LogP contribution in [0.15, 0.2) is 30.5 Å². The van der Waals surface area contributed by atoms with E-state index in [1.54, 1.807) is 0 Å². The van der Waals surface area contributed by atoms with Gasteiger partial charge in [0.25, 0.3) is 0 Å². The van der Waals surface area contributed by atoms with Gasteiger partial charge in [0.15, 0.2) is 0 Å². The van der Waals surface area contributed by atoms with Crippen LogP contribution in [0.5, 0.6) is 0 Å². The maximum atomic E-state index is 9.96. The van der Waals surface area contributed by atoms with Crippen LogP contribution in [0.25, 0.3) is 10.9 Å². The molecule has 4 nitrogen and oxygen atoms in total. The lowest BCUT2D eigenvalue weighted by molar-refractivity contribution is -0.0417. The van der Waals surface area contributed by atoms with Crippen molar-refractivity contribution < 1.29 is 9.84 Å². The molecule has 0 aliphatic carbocycles. The maximum absolute atomic E-state index is 9.96. The van der Waals surface area contributed by atoms with Gasteiger partial charge in [-0.1, -0.05) is 12.1 Å². The molecular formula is C19H26N2O2. The van der Waals surface area contributed by atoms with Crippen LogP contribution in [-0.4, -0.2) is 47.5 Å². The average molecular weight is 314 g/mol. The van der Waals surface area contributed by atoms with E-state index in [0.717, 1.165) is 45.8 Å². The molecule has 0 amide bonds. The monoisotopic (exact) mass is 314 g/mol.